The lowest BCUT2D eigenvalue weighted by Crippen LogP contribution is -2.29. The van der Waals surface area contributed by atoms with Gasteiger partial charge in [0.2, 0.25) is 0 Å². The van der Waals surface area contributed by atoms with E-state index in [-0.39, 0.29) is 11.9 Å². The third-order valence-corrected chi connectivity index (χ3v) is 3.35. The van der Waals surface area contributed by atoms with Crippen LogP contribution in [0.2, 0.25) is 10.0 Å². The summed E-state index contributed by atoms with van der Waals surface area (Å²) in [4.78, 5) is 0. The van der Waals surface area contributed by atoms with E-state index in [0.717, 1.165) is 5.56 Å². The zero-order valence-corrected chi connectivity index (χ0v) is 12.3. The Kier molecular flexibility index (Phi) is 4.86. The van der Waals surface area contributed by atoms with Crippen molar-refractivity contribution >= 4 is 23.2 Å². The van der Waals surface area contributed by atoms with E-state index in [4.69, 9.17) is 33.7 Å². The molecule has 0 aliphatic heterocycles. The Bertz CT molecular complexity index is 587. The molecule has 0 saturated heterocycles. The van der Waals surface area contributed by atoms with Gasteiger partial charge in [0, 0.05) is 11.1 Å². The number of rotatable bonds is 4. The smallest absolute Gasteiger partial charge is 0.139 e. The molecule has 0 bridgehead atoms. The average molecular weight is 314 g/mol. The molecule has 0 aliphatic carbocycles. The van der Waals surface area contributed by atoms with Crippen LogP contribution in [0.4, 0.5) is 4.39 Å². The maximum absolute atomic E-state index is 13.0. The van der Waals surface area contributed by atoms with Crippen molar-refractivity contribution in [3.8, 4) is 5.75 Å². The first-order valence-electron chi connectivity index (χ1n) is 6.10. The topological polar surface area (TPSA) is 35.2 Å². The van der Waals surface area contributed by atoms with Crippen LogP contribution in [0.25, 0.3) is 0 Å². The van der Waals surface area contributed by atoms with Gasteiger partial charge < -0.3 is 10.5 Å². The van der Waals surface area contributed by atoms with Gasteiger partial charge in [0.1, 0.15) is 17.7 Å². The number of benzene rings is 2. The number of hydrogen-bond acceptors (Lipinski definition) is 2. The van der Waals surface area contributed by atoms with E-state index in [1.807, 2.05) is 6.92 Å². The zero-order chi connectivity index (χ0) is 14.7. The van der Waals surface area contributed by atoms with Gasteiger partial charge in [-0.15, -0.1) is 0 Å². The lowest BCUT2D eigenvalue weighted by Gasteiger charge is -2.23. The van der Waals surface area contributed by atoms with E-state index in [2.05, 4.69) is 0 Å². The van der Waals surface area contributed by atoms with E-state index in [1.165, 1.54) is 12.1 Å². The fourth-order valence-electron chi connectivity index (χ4n) is 1.84. The molecule has 2 N–H and O–H groups in total. The van der Waals surface area contributed by atoms with Crippen LogP contribution < -0.4 is 10.5 Å². The Balaban J connectivity index is 2.28. The Morgan fingerprint density at radius 1 is 1.10 bits per heavy atom. The minimum atomic E-state index is -0.422. The fraction of sp³-hybridized carbons (Fsp3) is 0.200. The highest BCUT2D eigenvalue weighted by Crippen LogP contribution is 2.32. The van der Waals surface area contributed by atoms with Crippen molar-refractivity contribution in [1.82, 2.24) is 0 Å². The summed E-state index contributed by atoms with van der Waals surface area (Å²) in [6.45, 7) is 1.82. The molecule has 106 valence electrons. The highest BCUT2D eigenvalue weighted by molar-refractivity contribution is 6.35. The van der Waals surface area contributed by atoms with Crippen molar-refractivity contribution in [3.05, 3.63) is 63.9 Å². The molecule has 0 radical (unpaired) electrons. The summed E-state index contributed by atoms with van der Waals surface area (Å²) >= 11 is 11.9. The molecule has 20 heavy (non-hydrogen) atoms. The largest absolute Gasteiger partial charge is 0.483 e. The van der Waals surface area contributed by atoms with Crippen molar-refractivity contribution in [2.75, 3.05) is 0 Å². The lowest BCUT2D eigenvalue weighted by atomic mass is 10.0. The second kappa shape index (κ2) is 6.44. The van der Waals surface area contributed by atoms with Crippen LogP contribution in [0.5, 0.6) is 5.75 Å². The van der Waals surface area contributed by atoms with Gasteiger partial charge in [-0.3, -0.25) is 0 Å². The van der Waals surface area contributed by atoms with Crippen LogP contribution in [-0.4, -0.2) is 6.04 Å². The molecule has 0 aliphatic rings. The maximum Gasteiger partial charge on any atom is 0.139 e. The quantitative estimate of drug-likeness (QED) is 0.895. The summed E-state index contributed by atoms with van der Waals surface area (Å²) in [7, 11) is 0. The molecule has 0 fully saturated rings. The maximum atomic E-state index is 13.0. The molecule has 5 heteroatoms. The Labute approximate surface area is 127 Å². The van der Waals surface area contributed by atoms with Gasteiger partial charge in [-0.05, 0) is 42.8 Å². The van der Waals surface area contributed by atoms with E-state index in [1.54, 1.807) is 30.3 Å². The van der Waals surface area contributed by atoms with Crippen LogP contribution >= 0.6 is 23.2 Å². The monoisotopic (exact) mass is 313 g/mol. The highest BCUT2D eigenvalue weighted by Gasteiger charge is 2.19. The van der Waals surface area contributed by atoms with Gasteiger partial charge in [0.25, 0.3) is 0 Å². The van der Waals surface area contributed by atoms with Gasteiger partial charge >= 0.3 is 0 Å². The van der Waals surface area contributed by atoms with E-state index in [9.17, 15) is 4.39 Å². The van der Waals surface area contributed by atoms with Gasteiger partial charge in [-0.25, -0.2) is 4.39 Å². The summed E-state index contributed by atoms with van der Waals surface area (Å²) in [5.74, 6) is 0.185. The van der Waals surface area contributed by atoms with E-state index < -0.39 is 6.10 Å². The first-order valence-corrected chi connectivity index (χ1v) is 6.85. The standard InChI is InChI=1S/C15H14Cl2FNO/c1-9(19)15(10-2-5-12(18)6-3-10)20-14-7-4-11(16)8-13(14)17/h2-9,15H,19H2,1H3. The molecule has 0 spiro atoms. The van der Waals surface area contributed by atoms with Crippen LogP contribution in [0.3, 0.4) is 0 Å². The van der Waals surface area contributed by atoms with Crippen LogP contribution in [0.1, 0.15) is 18.6 Å². The Hall–Kier alpha value is -1.29. The molecule has 2 rings (SSSR count). The molecule has 0 amide bonds. The van der Waals surface area contributed by atoms with E-state index >= 15 is 0 Å². The first kappa shape index (κ1) is 15.1. The molecule has 2 aromatic carbocycles. The number of halogens is 3. The number of nitrogens with two attached hydrogens (primary N) is 1. The van der Waals surface area contributed by atoms with E-state index in [0.29, 0.717) is 15.8 Å². The molecule has 0 heterocycles. The Morgan fingerprint density at radius 2 is 1.75 bits per heavy atom. The summed E-state index contributed by atoms with van der Waals surface area (Å²) in [6.07, 6.45) is -0.422. The second-order valence-electron chi connectivity index (χ2n) is 4.52. The summed E-state index contributed by atoms with van der Waals surface area (Å²) in [5.41, 5.74) is 6.73. The van der Waals surface area contributed by atoms with Crippen molar-refractivity contribution < 1.29 is 9.13 Å². The first-order chi connectivity index (χ1) is 9.47. The molecular weight excluding hydrogens is 300 g/mol. The van der Waals surface area contributed by atoms with Gasteiger partial charge in [0.15, 0.2) is 0 Å². The van der Waals surface area contributed by atoms with Crippen LogP contribution in [-0.2, 0) is 0 Å². The predicted molar refractivity (Wildman–Crippen MR) is 79.9 cm³/mol. The predicted octanol–water partition coefficient (Wildman–Crippen LogP) is 4.60. The molecule has 2 atom stereocenters. The second-order valence-corrected chi connectivity index (χ2v) is 5.37. The van der Waals surface area contributed by atoms with Crippen molar-refractivity contribution in [2.24, 2.45) is 5.73 Å². The fourth-order valence-corrected chi connectivity index (χ4v) is 2.29. The van der Waals surface area contributed by atoms with Gasteiger partial charge in [-0.2, -0.15) is 0 Å². The third-order valence-electron chi connectivity index (χ3n) is 2.82. The molecule has 2 nitrogen and oxygen atoms in total. The minimum Gasteiger partial charge on any atom is -0.483 e. The number of hydrogen-bond donors (Lipinski definition) is 1. The zero-order valence-electron chi connectivity index (χ0n) is 10.8. The molecular formula is C15H14Cl2FNO. The summed E-state index contributed by atoms with van der Waals surface area (Å²) in [6, 6.07) is 10.7. The SMILES string of the molecule is CC(N)C(Oc1ccc(Cl)cc1Cl)c1ccc(F)cc1. The molecule has 0 saturated carbocycles. The molecule has 2 aromatic rings. The van der Waals surface area contributed by atoms with Crippen molar-refractivity contribution in [2.45, 2.75) is 19.1 Å². The van der Waals surface area contributed by atoms with Gasteiger partial charge in [-0.1, -0.05) is 35.3 Å². The average Bonchev–Trinajstić information content (AvgIpc) is 2.39. The van der Waals surface area contributed by atoms with Gasteiger partial charge in [0.05, 0.1) is 5.02 Å². The van der Waals surface area contributed by atoms with Crippen LogP contribution in [0, 0.1) is 5.82 Å². The number of ether oxygens (including phenoxy) is 1. The van der Waals surface area contributed by atoms with Crippen molar-refractivity contribution in [1.29, 1.82) is 0 Å². The summed E-state index contributed by atoms with van der Waals surface area (Å²) in [5, 5.41) is 0.937. The van der Waals surface area contributed by atoms with Crippen LogP contribution in [0.15, 0.2) is 42.5 Å². The summed E-state index contributed by atoms with van der Waals surface area (Å²) < 4.78 is 18.8. The normalized spacial score (nSPS) is 13.8. The highest BCUT2D eigenvalue weighted by atomic mass is 35.5. The minimum absolute atomic E-state index is 0.285. The lowest BCUT2D eigenvalue weighted by molar-refractivity contribution is 0.180. The van der Waals surface area contributed by atoms with Crippen molar-refractivity contribution in [3.63, 3.8) is 0 Å². The molecule has 0 aromatic heterocycles. The Morgan fingerprint density at radius 3 is 2.30 bits per heavy atom. The molecule has 2 unspecified atom stereocenters. The third kappa shape index (κ3) is 3.63.